The molecule has 0 bridgehead atoms. The summed E-state index contributed by atoms with van der Waals surface area (Å²) in [6.45, 7) is 0. The minimum absolute atomic E-state index is 0.576. The summed E-state index contributed by atoms with van der Waals surface area (Å²) in [5.74, 6) is 1.36. The van der Waals surface area contributed by atoms with Gasteiger partial charge in [-0.1, -0.05) is 84.9 Å². The van der Waals surface area contributed by atoms with Crippen molar-refractivity contribution in [1.29, 1.82) is 0 Å². The van der Waals surface area contributed by atoms with Gasteiger partial charge in [0.25, 0.3) is 0 Å². The van der Waals surface area contributed by atoms with E-state index < -0.39 is 0 Å². The molecule has 8 rings (SSSR count). The number of fused-ring (bicyclic) bond motifs is 5. The summed E-state index contributed by atoms with van der Waals surface area (Å²) in [5.41, 5.74) is 8.39. The van der Waals surface area contributed by atoms with Crippen molar-refractivity contribution >= 4 is 38.6 Å². The van der Waals surface area contributed by atoms with Gasteiger partial charge in [-0.3, -0.25) is 8.97 Å². The molecule has 0 unspecified atom stereocenters. The summed E-state index contributed by atoms with van der Waals surface area (Å²) in [7, 11) is 0. The zero-order valence-corrected chi connectivity index (χ0v) is 20.2. The summed E-state index contributed by atoms with van der Waals surface area (Å²) in [4.78, 5) is 20.2. The molecule has 0 aliphatic rings. The van der Waals surface area contributed by atoms with Gasteiger partial charge in [-0.05, 0) is 30.3 Å². The molecule has 38 heavy (non-hydrogen) atoms. The fourth-order valence-electron chi connectivity index (χ4n) is 5.20. The molecule has 8 aromatic rings. The third-order valence-corrected chi connectivity index (χ3v) is 6.95. The SMILES string of the molecule is c1ccc(-c2nc(-n3c(-c4ccccc4)nc4cc5c(cc43)nc3ccccn35)nc3ccccc23)cc1. The van der Waals surface area contributed by atoms with Gasteiger partial charge in [0, 0.05) is 22.7 Å². The van der Waals surface area contributed by atoms with Crippen LogP contribution in [0.5, 0.6) is 0 Å². The highest BCUT2D eigenvalue weighted by Gasteiger charge is 2.20. The lowest BCUT2D eigenvalue weighted by Crippen LogP contribution is -2.05. The first-order valence-electron chi connectivity index (χ1n) is 12.5. The van der Waals surface area contributed by atoms with E-state index in [9.17, 15) is 0 Å². The first-order valence-corrected chi connectivity index (χ1v) is 12.5. The molecule has 6 nitrogen and oxygen atoms in total. The standard InChI is InChI=1S/C32H20N6/c1-3-11-21(12-4-1)30-23-15-7-8-16-24(23)35-32(36-30)38-28-20-25-27(37-18-10-9-17-29(37)33-25)19-26(28)34-31(38)22-13-5-2-6-14-22/h1-20H. The Hall–Kier alpha value is -5.36. The molecule has 0 saturated carbocycles. The van der Waals surface area contributed by atoms with Crippen molar-refractivity contribution in [3.63, 3.8) is 0 Å². The van der Waals surface area contributed by atoms with Crippen LogP contribution in [-0.2, 0) is 0 Å². The Bertz CT molecular complexity index is 2120. The Kier molecular flexibility index (Phi) is 4.42. The van der Waals surface area contributed by atoms with Crippen LogP contribution in [0.15, 0.2) is 121 Å². The van der Waals surface area contributed by atoms with Crippen molar-refractivity contribution in [3.8, 4) is 28.6 Å². The smallest absolute Gasteiger partial charge is 0.237 e. The molecule has 0 N–H and O–H groups in total. The van der Waals surface area contributed by atoms with Gasteiger partial charge in [0.05, 0.1) is 33.3 Å². The topological polar surface area (TPSA) is 60.9 Å². The minimum Gasteiger partial charge on any atom is -0.300 e. The predicted octanol–water partition coefficient (Wildman–Crippen LogP) is 7.10. The monoisotopic (exact) mass is 488 g/mol. The second-order valence-corrected chi connectivity index (χ2v) is 9.26. The van der Waals surface area contributed by atoms with E-state index >= 15 is 0 Å². The quantitative estimate of drug-likeness (QED) is 0.266. The Morgan fingerprint density at radius 3 is 2.03 bits per heavy atom. The molecule has 0 saturated heterocycles. The average Bonchev–Trinajstić information content (AvgIpc) is 3.54. The first-order chi connectivity index (χ1) is 18.8. The maximum absolute atomic E-state index is 5.16. The number of para-hydroxylation sites is 1. The molecule has 0 fully saturated rings. The van der Waals surface area contributed by atoms with Crippen molar-refractivity contribution in [3.05, 3.63) is 121 Å². The first kappa shape index (κ1) is 20.8. The summed E-state index contributed by atoms with van der Waals surface area (Å²) >= 11 is 0. The molecular formula is C32H20N6. The molecule has 0 aliphatic carbocycles. The number of rotatable bonds is 3. The van der Waals surface area contributed by atoms with Crippen LogP contribution in [0, 0.1) is 0 Å². The summed E-state index contributed by atoms with van der Waals surface area (Å²) < 4.78 is 4.16. The van der Waals surface area contributed by atoms with Crippen LogP contribution in [-0.4, -0.2) is 28.9 Å². The molecule has 0 atom stereocenters. The molecular weight excluding hydrogens is 468 g/mol. The number of pyridine rings is 1. The van der Waals surface area contributed by atoms with E-state index in [1.54, 1.807) is 0 Å². The zero-order valence-electron chi connectivity index (χ0n) is 20.2. The van der Waals surface area contributed by atoms with E-state index in [1.807, 2.05) is 79.0 Å². The van der Waals surface area contributed by atoms with Crippen LogP contribution < -0.4 is 0 Å². The van der Waals surface area contributed by atoms with Crippen molar-refractivity contribution < 1.29 is 0 Å². The minimum atomic E-state index is 0.576. The number of hydrogen-bond acceptors (Lipinski definition) is 4. The maximum atomic E-state index is 5.16. The maximum Gasteiger partial charge on any atom is 0.237 e. The molecule has 0 amide bonds. The Balaban J connectivity index is 1.49. The molecule has 4 heterocycles. The van der Waals surface area contributed by atoms with E-state index in [0.717, 1.165) is 61.3 Å². The van der Waals surface area contributed by atoms with Crippen molar-refractivity contribution in [2.24, 2.45) is 0 Å². The summed E-state index contributed by atoms with van der Waals surface area (Å²) in [6, 6.07) is 38.8. The van der Waals surface area contributed by atoms with Crippen LogP contribution in [0.3, 0.4) is 0 Å². The van der Waals surface area contributed by atoms with Gasteiger partial charge in [0.1, 0.15) is 11.5 Å². The molecule has 0 radical (unpaired) electrons. The van der Waals surface area contributed by atoms with E-state index in [2.05, 4.69) is 51.4 Å². The van der Waals surface area contributed by atoms with E-state index in [0.29, 0.717) is 5.95 Å². The molecule has 0 aliphatic heterocycles. The van der Waals surface area contributed by atoms with Gasteiger partial charge in [-0.2, -0.15) is 0 Å². The van der Waals surface area contributed by atoms with Gasteiger partial charge >= 0.3 is 0 Å². The number of benzene rings is 4. The lowest BCUT2D eigenvalue weighted by atomic mass is 10.1. The third kappa shape index (κ3) is 3.14. The highest BCUT2D eigenvalue weighted by molar-refractivity contribution is 5.97. The van der Waals surface area contributed by atoms with Gasteiger partial charge in [0.15, 0.2) is 0 Å². The third-order valence-electron chi connectivity index (χ3n) is 6.95. The lowest BCUT2D eigenvalue weighted by molar-refractivity contribution is 0.977. The lowest BCUT2D eigenvalue weighted by Gasteiger charge is -2.12. The molecule has 0 spiro atoms. The van der Waals surface area contributed by atoms with Gasteiger partial charge in [-0.15, -0.1) is 0 Å². The van der Waals surface area contributed by atoms with Gasteiger partial charge in [0.2, 0.25) is 5.95 Å². The van der Waals surface area contributed by atoms with E-state index in [1.165, 1.54) is 0 Å². The highest BCUT2D eigenvalue weighted by atomic mass is 15.2. The van der Waals surface area contributed by atoms with Crippen LogP contribution in [0.25, 0.3) is 67.2 Å². The fourth-order valence-corrected chi connectivity index (χ4v) is 5.20. The normalized spacial score (nSPS) is 11.7. The largest absolute Gasteiger partial charge is 0.300 e. The zero-order chi connectivity index (χ0) is 25.1. The summed E-state index contributed by atoms with van der Waals surface area (Å²) in [5, 5.41) is 1.01. The number of nitrogens with zero attached hydrogens (tertiary/aromatic N) is 6. The number of aromatic nitrogens is 6. The predicted molar refractivity (Wildman–Crippen MR) is 151 cm³/mol. The summed E-state index contributed by atoms with van der Waals surface area (Å²) in [6.07, 6.45) is 2.03. The average molecular weight is 489 g/mol. The van der Waals surface area contributed by atoms with Crippen molar-refractivity contribution in [1.82, 2.24) is 28.9 Å². The molecule has 6 heteroatoms. The number of imidazole rings is 2. The highest BCUT2D eigenvalue weighted by Crippen LogP contribution is 2.33. The van der Waals surface area contributed by atoms with E-state index in [4.69, 9.17) is 19.9 Å². The molecule has 4 aromatic heterocycles. The van der Waals surface area contributed by atoms with Crippen LogP contribution in [0.1, 0.15) is 0 Å². The fraction of sp³-hybridized carbons (Fsp3) is 0. The second-order valence-electron chi connectivity index (χ2n) is 9.26. The van der Waals surface area contributed by atoms with Crippen LogP contribution in [0.4, 0.5) is 0 Å². The number of hydrogen-bond donors (Lipinski definition) is 0. The Morgan fingerprint density at radius 2 is 1.18 bits per heavy atom. The Morgan fingerprint density at radius 1 is 0.500 bits per heavy atom. The second kappa shape index (κ2) is 8.08. The van der Waals surface area contributed by atoms with E-state index in [-0.39, 0.29) is 0 Å². The van der Waals surface area contributed by atoms with Crippen LogP contribution in [0.2, 0.25) is 0 Å². The van der Waals surface area contributed by atoms with Crippen molar-refractivity contribution in [2.45, 2.75) is 0 Å². The van der Waals surface area contributed by atoms with Crippen LogP contribution >= 0.6 is 0 Å². The van der Waals surface area contributed by atoms with Gasteiger partial charge < -0.3 is 0 Å². The Labute approximate surface area is 217 Å². The van der Waals surface area contributed by atoms with Crippen molar-refractivity contribution in [2.75, 3.05) is 0 Å². The molecule has 178 valence electrons. The van der Waals surface area contributed by atoms with Gasteiger partial charge in [-0.25, -0.2) is 19.9 Å². The molecule has 4 aromatic carbocycles.